The molecule has 2 aromatic carbocycles. The predicted molar refractivity (Wildman–Crippen MR) is 104 cm³/mol. The molecule has 0 spiro atoms. The number of carbonyl (C=O) groups is 1. The van der Waals surface area contributed by atoms with E-state index in [1.165, 1.54) is 23.4 Å². The van der Waals surface area contributed by atoms with Crippen LogP contribution in [-0.4, -0.2) is 15.9 Å². The number of hydrogen-bond donors (Lipinski definition) is 0. The van der Waals surface area contributed by atoms with Crippen LogP contribution in [0.15, 0.2) is 60.9 Å². The first kappa shape index (κ1) is 20.2. The summed E-state index contributed by atoms with van der Waals surface area (Å²) in [5.41, 5.74) is -0.351. The SMILES string of the molecule is O=C1CC[C@H](c2cccc(C(F)(F)F)c2)N1c1cnc(Oc2ccc(Cl)cc2)cn1. The van der Waals surface area contributed by atoms with Gasteiger partial charge >= 0.3 is 6.18 Å². The molecule has 0 N–H and O–H groups in total. The van der Waals surface area contributed by atoms with Crippen LogP contribution < -0.4 is 9.64 Å². The zero-order valence-corrected chi connectivity index (χ0v) is 16.2. The van der Waals surface area contributed by atoms with Crippen LogP contribution in [-0.2, 0) is 11.0 Å². The molecule has 1 aliphatic rings. The van der Waals surface area contributed by atoms with E-state index in [1.807, 2.05) is 0 Å². The molecule has 1 amide bonds. The first-order chi connectivity index (χ1) is 14.3. The van der Waals surface area contributed by atoms with E-state index < -0.39 is 17.8 Å². The lowest BCUT2D eigenvalue weighted by molar-refractivity contribution is -0.137. The van der Waals surface area contributed by atoms with Gasteiger partial charge in [0, 0.05) is 11.4 Å². The minimum Gasteiger partial charge on any atom is -0.438 e. The highest BCUT2D eigenvalue weighted by molar-refractivity contribution is 6.30. The molecule has 0 radical (unpaired) electrons. The first-order valence-corrected chi connectivity index (χ1v) is 9.44. The topological polar surface area (TPSA) is 55.3 Å². The van der Waals surface area contributed by atoms with Crippen molar-refractivity contribution >= 4 is 23.3 Å². The van der Waals surface area contributed by atoms with Crippen molar-refractivity contribution in [1.82, 2.24) is 9.97 Å². The van der Waals surface area contributed by atoms with Gasteiger partial charge in [-0.1, -0.05) is 23.7 Å². The quantitative estimate of drug-likeness (QED) is 0.521. The summed E-state index contributed by atoms with van der Waals surface area (Å²) in [6, 6.07) is 11.1. The zero-order chi connectivity index (χ0) is 21.3. The van der Waals surface area contributed by atoms with Crippen LogP contribution in [0.25, 0.3) is 0 Å². The maximum Gasteiger partial charge on any atom is 0.416 e. The van der Waals surface area contributed by atoms with Crippen LogP contribution in [0.5, 0.6) is 11.6 Å². The average molecular weight is 434 g/mol. The standard InChI is InChI=1S/C21H15ClF3N3O2/c22-15-4-6-16(7-5-15)30-19-12-26-18(11-27-19)28-17(8-9-20(28)29)13-2-1-3-14(10-13)21(23,24)25/h1-7,10-12,17H,8-9H2/t17-/m1/s1. The Morgan fingerprint density at radius 1 is 1.07 bits per heavy atom. The van der Waals surface area contributed by atoms with Gasteiger partial charge < -0.3 is 4.74 Å². The summed E-state index contributed by atoms with van der Waals surface area (Å²) in [5, 5.41) is 0.567. The first-order valence-electron chi connectivity index (χ1n) is 9.06. The highest BCUT2D eigenvalue weighted by Gasteiger charge is 2.36. The minimum atomic E-state index is -4.45. The van der Waals surface area contributed by atoms with Gasteiger partial charge in [-0.2, -0.15) is 13.2 Å². The largest absolute Gasteiger partial charge is 0.438 e. The van der Waals surface area contributed by atoms with Gasteiger partial charge in [0.05, 0.1) is 24.0 Å². The van der Waals surface area contributed by atoms with Crippen LogP contribution in [0.1, 0.15) is 30.0 Å². The van der Waals surface area contributed by atoms with E-state index >= 15 is 0 Å². The third kappa shape index (κ3) is 4.23. The van der Waals surface area contributed by atoms with Crippen LogP contribution in [0, 0.1) is 0 Å². The number of rotatable bonds is 4. The van der Waals surface area contributed by atoms with E-state index in [4.69, 9.17) is 16.3 Å². The number of halogens is 4. The van der Waals surface area contributed by atoms with E-state index in [2.05, 4.69) is 9.97 Å². The molecule has 5 nitrogen and oxygen atoms in total. The summed E-state index contributed by atoms with van der Waals surface area (Å²) in [4.78, 5) is 22.2. The number of anilines is 1. The van der Waals surface area contributed by atoms with Crippen molar-refractivity contribution in [1.29, 1.82) is 0 Å². The number of benzene rings is 2. The van der Waals surface area contributed by atoms with E-state index in [9.17, 15) is 18.0 Å². The summed E-state index contributed by atoms with van der Waals surface area (Å²) in [5.74, 6) is 0.755. The summed E-state index contributed by atoms with van der Waals surface area (Å²) >= 11 is 5.84. The average Bonchev–Trinajstić information content (AvgIpc) is 3.11. The van der Waals surface area contributed by atoms with Gasteiger partial charge in [-0.05, 0) is 48.4 Å². The number of ether oxygens (including phenoxy) is 1. The smallest absolute Gasteiger partial charge is 0.416 e. The van der Waals surface area contributed by atoms with Crippen molar-refractivity contribution in [2.24, 2.45) is 0 Å². The Kier molecular flexibility index (Phi) is 5.34. The molecule has 0 bridgehead atoms. The van der Waals surface area contributed by atoms with Crippen molar-refractivity contribution < 1.29 is 22.7 Å². The fourth-order valence-corrected chi connectivity index (χ4v) is 3.44. The normalized spacial score (nSPS) is 16.7. The van der Waals surface area contributed by atoms with Crippen molar-refractivity contribution in [2.75, 3.05) is 4.90 Å². The molecule has 0 aliphatic carbocycles. The Bertz CT molecular complexity index is 1060. The molecule has 1 aliphatic heterocycles. The van der Waals surface area contributed by atoms with Crippen LogP contribution >= 0.6 is 11.6 Å². The summed E-state index contributed by atoms with van der Waals surface area (Å²) in [7, 11) is 0. The molecular formula is C21H15ClF3N3O2. The second-order valence-electron chi connectivity index (χ2n) is 6.71. The van der Waals surface area contributed by atoms with Gasteiger partial charge in [0.25, 0.3) is 0 Å². The predicted octanol–water partition coefficient (Wildman–Crippen LogP) is 5.81. The lowest BCUT2D eigenvalue weighted by atomic mass is 10.0. The van der Waals surface area contributed by atoms with E-state index in [-0.39, 0.29) is 24.0 Å². The zero-order valence-electron chi connectivity index (χ0n) is 15.4. The van der Waals surface area contributed by atoms with Gasteiger partial charge in [0.15, 0.2) is 5.82 Å². The third-order valence-electron chi connectivity index (χ3n) is 4.71. The van der Waals surface area contributed by atoms with Crippen LogP contribution in [0.4, 0.5) is 19.0 Å². The number of carbonyl (C=O) groups excluding carboxylic acids is 1. The monoisotopic (exact) mass is 433 g/mol. The van der Waals surface area contributed by atoms with Gasteiger partial charge in [0.2, 0.25) is 11.8 Å². The molecule has 2 heterocycles. The Morgan fingerprint density at radius 2 is 1.83 bits per heavy atom. The Hall–Kier alpha value is -3.13. The molecule has 30 heavy (non-hydrogen) atoms. The molecule has 4 rings (SSSR count). The number of alkyl halides is 3. The van der Waals surface area contributed by atoms with Gasteiger partial charge in [-0.25, -0.2) is 9.97 Å². The van der Waals surface area contributed by atoms with Gasteiger partial charge in [-0.3, -0.25) is 9.69 Å². The van der Waals surface area contributed by atoms with E-state index in [0.717, 1.165) is 12.1 Å². The maximum atomic E-state index is 13.1. The number of hydrogen-bond acceptors (Lipinski definition) is 4. The number of aromatic nitrogens is 2. The molecule has 1 aromatic heterocycles. The lowest BCUT2D eigenvalue weighted by Gasteiger charge is -2.24. The van der Waals surface area contributed by atoms with Gasteiger partial charge in [-0.15, -0.1) is 0 Å². The van der Waals surface area contributed by atoms with Crippen molar-refractivity contribution in [2.45, 2.75) is 25.1 Å². The highest BCUT2D eigenvalue weighted by atomic mass is 35.5. The van der Waals surface area contributed by atoms with Crippen LogP contribution in [0.3, 0.4) is 0 Å². The second kappa shape index (κ2) is 7.95. The maximum absolute atomic E-state index is 13.1. The number of amides is 1. The summed E-state index contributed by atoms with van der Waals surface area (Å²) in [6.07, 6.45) is -1.12. The molecule has 1 saturated heterocycles. The van der Waals surface area contributed by atoms with Crippen molar-refractivity contribution in [3.05, 3.63) is 77.1 Å². The van der Waals surface area contributed by atoms with Gasteiger partial charge in [0.1, 0.15) is 5.75 Å². The molecule has 1 atom stereocenters. The molecule has 0 saturated carbocycles. The van der Waals surface area contributed by atoms with Crippen molar-refractivity contribution in [3.63, 3.8) is 0 Å². The Morgan fingerprint density at radius 3 is 2.50 bits per heavy atom. The Balaban J connectivity index is 1.57. The van der Waals surface area contributed by atoms with E-state index in [0.29, 0.717) is 22.8 Å². The molecule has 154 valence electrons. The molecule has 0 unspecified atom stereocenters. The van der Waals surface area contributed by atoms with Crippen LogP contribution in [0.2, 0.25) is 5.02 Å². The lowest BCUT2D eigenvalue weighted by Crippen LogP contribution is -2.28. The van der Waals surface area contributed by atoms with Crippen molar-refractivity contribution in [3.8, 4) is 11.6 Å². The summed E-state index contributed by atoms with van der Waals surface area (Å²) < 4.78 is 44.8. The molecule has 1 fully saturated rings. The fourth-order valence-electron chi connectivity index (χ4n) is 3.32. The highest BCUT2D eigenvalue weighted by Crippen LogP contribution is 2.38. The molecule has 9 heteroatoms. The molecule has 3 aromatic rings. The number of nitrogens with zero attached hydrogens (tertiary/aromatic N) is 3. The Labute approximate surface area is 175 Å². The minimum absolute atomic E-state index is 0.211. The fraction of sp³-hybridized carbons (Fsp3) is 0.190. The van der Waals surface area contributed by atoms with E-state index in [1.54, 1.807) is 30.3 Å². The third-order valence-corrected chi connectivity index (χ3v) is 4.96. The summed E-state index contributed by atoms with van der Waals surface area (Å²) in [6.45, 7) is 0. The molecular weight excluding hydrogens is 419 g/mol. The second-order valence-corrected chi connectivity index (χ2v) is 7.15.